The summed E-state index contributed by atoms with van der Waals surface area (Å²) in [6, 6.07) is 18.3. The third kappa shape index (κ3) is 3.94. The lowest BCUT2D eigenvalue weighted by molar-refractivity contribution is -0.129. The van der Waals surface area contributed by atoms with Crippen LogP contribution in [0.1, 0.15) is 43.5 Å². The van der Waals surface area contributed by atoms with Crippen molar-refractivity contribution in [2.75, 3.05) is 0 Å². The van der Waals surface area contributed by atoms with E-state index >= 15 is 0 Å². The Morgan fingerprint density at radius 2 is 1.43 bits per heavy atom. The number of rotatable bonds is 3. The van der Waals surface area contributed by atoms with E-state index in [2.05, 4.69) is 36.5 Å². The summed E-state index contributed by atoms with van der Waals surface area (Å²) in [6.07, 6.45) is 0. The van der Waals surface area contributed by atoms with Crippen LogP contribution >= 0.6 is 0 Å². The maximum Gasteiger partial charge on any atom is 0.226 e. The van der Waals surface area contributed by atoms with Gasteiger partial charge in [0.05, 0.1) is 6.04 Å². The van der Waals surface area contributed by atoms with Crippen LogP contribution in [0.25, 0.3) is 0 Å². The van der Waals surface area contributed by atoms with Gasteiger partial charge in [0, 0.05) is 5.41 Å². The minimum absolute atomic E-state index is 0.0527. The number of nitrogens with one attached hydrogen (secondary N) is 1. The van der Waals surface area contributed by atoms with Crippen molar-refractivity contribution in [3.8, 4) is 0 Å². The minimum Gasteiger partial charge on any atom is -0.345 e. The Kier molecular flexibility index (Phi) is 4.46. The fourth-order valence-electron chi connectivity index (χ4n) is 2.11. The predicted molar refractivity (Wildman–Crippen MR) is 87.1 cm³/mol. The van der Waals surface area contributed by atoms with Gasteiger partial charge in [-0.25, -0.2) is 0 Å². The van der Waals surface area contributed by atoms with E-state index in [-0.39, 0.29) is 11.9 Å². The highest BCUT2D eigenvalue weighted by molar-refractivity contribution is 5.82. The van der Waals surface area contributed by atoms with Crippen molar-refractivity contribution in [1.82, 2.24) is 5.32 Å². The average Bonchev–Trinajstić information content (AvgIpc) is 2.45. The molecule has 21 heavy (non-hydrogen) atoms. The molecule has 0 aliphatic carbocycles. The van der Waals surface area contributed by atoms with Crippen LogP contribution in [0.4, 0.5) is 0 Å². The van der Waals surface area contributed by atoms with Crippen LogP contribution in [0.2, 0.25) is 0 Å². The lowest BCUT2D eigenvalue weighted by Crippen LogP contribution is -2.37. The first-order chi connectivity index (χ1) is 9.88. The van der Waals surface area contributed by atoms with Gasteiger partial charge >= 0.3 is 0 Å². The molecule has 2 aromatic carbocycles. The van der Waals surface area contributed by atoms with Gasteiger partial charge < -0.3 is 5.32 Å². The Morgan fingerprint density at radius 1 is 0.905 bits per heavy atom. The van der Waals surface area contributed by atoms with E-state index in [4.69, 9.17) is 0 Å². The maximum absolute atomic E-state index is 12.4. The van der Waals surface area contributed by atoms with Crippen molar-refractivity contribution >= 4 is 5.91 Å². The van der Waals surface area contributed by atoms with E-state index in [0.717, 1.165) is 11.1 Å². The average molecular weight is 281 g/mol. The first-order valence-electron chi connectivity index (χ1n) is 7.30. The van der Waals surface area contributed by atoms with Gasteiger partial charge in [-0.2, -0.15) is 0 Å². The fraction of sp³-hybridized carbons (Fsp3) is 0.316. The summed E-state index contributed by atoms with van der Waals surface area (Å²) in [7, 11) is 0. The Hall–Kier alpha value is -2.09. The molecule has 0 aliphatic rings. The molecule has 2 heteroatoms. The van der Waals surface area contributed by atoms with E-state index in [1.165, 1.54) is 5.56 Å². The molecule has 0 spiro atoms. The zero-order valence-electron chi connectivity index (χ0n) is 13.2. The number of amides is 1. The molecule has 2 nitrogen and oxygen atoms in total. The lowest BCUT2D eigenvalue weighted by Gasteiger charge is -2.25. The molecule has 0 fully saturated rings. The van der Waals surface area contributed by atoms with E-state index < -0.39 is 5.41 Å². The van der Waals surface area contributed by atoms with Gasteiger partial charge in [-0.1, -0.05) is 80.9 Å². The molecule has 0 saturated heterocycles. The monoisotopic (exact) mass is 281 g/mol. The third-order valence-electron chi connectivity index (χ3n) is 3.50. The van der Waals surface area contributed by atoms with E-state index in [0.29, 0.717) is 0 Å². The quantitative estimate of drug-likeness (QED) is 0.895. The highest BCUT2D eigenvalue weighted by Gasteiger charge is 2.25. The van der Waals surface area contributed by atoms with Crippen LogP contribution < -0.4 is 5.32 Å². The minimum atomic E-state index is -0.405. The normalized spacial score (nSPS) is 12.8. The van der Waals surface area contributed by atoms with Gasteiger partial charge in [0.15, 0.2) is 0 Å². The topological polar surface area (TPSA) is 29.1 Å². The molecule has 1 unspecified atom stereocenters. The summed E-state index contributed by atoms with van der Waals surface area (Å²) in [5.74, 6) is 0.0527. The van der Waals surface area contributed by atoms with Crippen molar-refractivity contribution in [3.63, 3.8) is 0 Å². The van der Waals surface area contributed by atoms with Crippen LogP contribution in [0.15, 0.2) is 54.6 Å². The van der Waals surface area contributed by atoms with Crippen molar-refractivity contribution in [2.45, 2.75) is 33.7 Å². The summed E-state index contributed by atoms with van der Waals surface area (Å²) >= 11 is 0. The molecule has 0 heterocycles. The standard InChI is InChI=1S/C19H23NO/c1-14-10-12-16(13-11-14)17(15-8-6-5-7-9-15)20-18(21)19(2,3)4/h5-13,17H,1-4H3,(H,20,21). The largest absolute Gasteiger partial charge is 0.345 e. The highest BCUT2D eigenvalue weighted by atomic mass is 16.2. The van der Waals surface area contributed by atoms with Crippen LogP contribution in [0, 0.1) is 12.3 Å². The van der Waals surface area contributed by atoms with Gasteiger partial charge in [0.25, 0.3) is 0 Å². The van der Waals surface area contributed by atoms with E-state index in [1.807, 2.05) is 51.1 Å². The van der Waals surface area contributed by atoms with Crippen molar-refractivity contribution in [1.29, 1.82) is 0 Å². The Morgan fingerprint density at radius 3 is 1.95 bits per heavy atom. The Balaban J connectivity index is 2.36. The molecule has 0 aromatic heterocycles. The van der Waals surface area contributed by atoms with Crippen LogP contribution in [-0.2, 0) is 4.79 Å². The maximum atomic E-state index is 12.4. The summed E-state index contributed by atoms with van der Waals surface area (Å²) in [5.41, 5.74) is 3.01. The first kappa shape index (κ1) is 15.3. The number of aryl methyl sites for hydroxylation is 1. The van der Waals surface area contributed by atoms with Crippen LogP contribution in [-0.4, -0.2) is 5.91 Å². The summed E-state index contributed by atoms with van der Waals surface area (Å²) in [6.45, 7) is 7.85. The number of hydrogen-bond acceptors (Lipinski definition) is 1. The third-order valence-corrected chi connectivity index (χ3v) is 3.50. The number of carbonyl (C=O) groups excluding carboxylic acids is 1. The molecule has 2 rings (SSSR count). The van der Waals surface area contributed by atoms with Gasteiger partial charge in [0.1, 0.15) is 0 Å². The van der Waals surface area contributed by atoms with Gasteiger partial charge in [0.2, 0.25) is 5.91 Å². The van der Waals surface area contributed by atoms with E-state index in [1.54, 1.807) is 0 Å². The molecule has 0 saturated carbocycles. The molecule has 0 aliphatic heterocycles. The molecular weight excluding hydrogens is 258 g/mol. The molecule has 1 N–H and O–H groups in total. The van der Waals surface area contributed by atoms with Crippen molar-refractivity contribution in [3.05, 3.63) is 71.3 Å². The summed E-state index contributed by atoms with van der Waals surface area (Å²) in [5, 5.41) is 3.17. The second-order valence-electron chi connectivity index (χ2n) is 6.48. The molecule has 1 atom stereocenters. The zero-order valence-corrected chi connectivity index (χ0v) is 13.2. The zero-order chi connectivity index (χ0) is 15.5. The molecule has 1 amide bonds. The number of carbonyl (C=O) groups is 1. The van der Waals surface area contributed by atoms with Gasteiger partial charge in [-0.3, -0.25) is 4.79 Å². The second kappa shape index (κ2) is 6.13. The van der Waals surface area contributed by atoms with Crippen molar-refractivity contribution < 1.29 is 4.79 Å². The molecule has 2 aromatic rings. The molecule has 110 valence electrons. The smallest absolute Gasteiger partial charge is 0.226 e. The number of hydrogen-bond donors (Lipinski definition) is 1. The Bertz CT molecular complexity index is 594. The van der Waals surface area contributed by atoms with Gasteiger partial charge in [-0.15, -0.1) is 0 Å². The summed E-state index contributed by atoms with van der Waals surface area (Å²) < 4.78 is 0. The number of benzene rings is 2. The fourth-order valence-corrected chi connectivity index (χ4v) is 2.11. The molecule has 0 bridgehead atoms. The van der Waals surface area contributed by atoms with Crippen LogP contribution in [0.3, 0.4) is 0 Å². The molecular formula is C19H23NO. The highest BCUT2D eigenvalue weighted by Crippen LogP contribution is 2.24. The lowest BCUT2D eigenvalue weighted by atomic mass is 9.92. The van der Waals surface area contributed by atoms with E-state index in [9.17, 15) is 4.79 Å². The summed E-state index contributed by atoms with van der Waals surface area (Å²) in [4.78, 5) is 12.4. The Labute approximate surface area is 127 Å². The van der Waals surface area contributed by atoms with Gasteiger partial charge in [-0.05, 0) is 18.1 Å². The SMILES string of the molecule is Cc1ccc(C(NC(=O)C(C)(C)C)c2ccccc2)cc1. The first-order valence-corrected chi connectivity index (χ1v) is 7.30. The predicted octanol–water partition coefficient (Wildman–Crippen LogP) is 4.25. The van der Waals surface area contributed by atoms with Crippen molar-refractivity contribution in [2.24, 2.45) is 5.41 Å². The van der Waals surface area contributed by atoms with Crippen LogP contribution in [0.5, 0.6) is 0 Å². The molecule has 0 radical (unpaired) electrons. The second-order valence-corrected chi connectivity index (χ2v) is 6.48.